The Morgan fingerprint density at radius 3 is 2.71 bits per heavy atom. The van der Waals surface area contributed by atoms with Crippen LogP contribution in [0.15, 0.2) is 66.7 Å². The summed E-state index contributed by atoms with van der Waals surface area (Å²) >= 11 is 0. The number of carbonyl (C=O) groups is 1. The van der Waals surface area contributed by atoms with Crippen LogP contribution < -0.4 is 10.1 Å². The van der Waals surface area contributed by atoms with Gasteiger partial charge in [-0.1, -0.05) is 38.1 Å². The first-order chi connectivity index (χ1) is 18.3. The highest BCUT2D eigenvalue weighted by Gasteiger charge is 2.35. The number of aromatic nitrogens is 2. The highest BCUT2D eigenvalue weighted by molar-refractivity contribution is 5.94. The van der Waals surface area contributed by atoms with E-state index in [1.807, 2.05) is 67.1 Å². The molecule has 0 unspecified atom stereocenters. The Bertz CT molecular complexity index is 1450. The third kappa shape index (κ3) is 5.58. The summed E-state index contributed by atoms with van der Waals surface area (Å²) in [6, 6.07) is 20.3. The van der Waals surface area contributed by atoms with E-state index in [2.05, 4.69) is 24.1 Å². The van der Waals surface area contributed by atoms with Gasteiger partial charge in [0, 0.05) is 18.7 Å². The predicted octanol–water partition coefficient (Wildman–Crippen LogP) is 6.56. The minimum Gasteiger partial charge on any atom is -0.484 e. The number of nitrogens with zero attached hydrogens (tertiary/aromatic N) is 2. The van der Waals surface area contributed by atoms with E-state index in [-0.39, 0.29) is 36.3 Å². The van der Waals surface area contributed by atoms with Gasteiger partial charge in [-0.05, 0) is 78.8 Å². The molecular weight excluding hydrogens is 481 g/mol. The zero-order chi connectivity index (χ0) is 26.8. The Balaban J connectivity index is 1.23. The fourth-order valence-corrected chi connectivity index (χ4v) is 5.35. The average molecular weight is 516 g/mol. The lowest BCUT2D eigenvalue weighted by Gasteiger charge is -2.39. The van der Waals surface area contributed by atoms with Gasteiger partial charge in [-0.25, -0.2) is 9.37 Å². The van der Waals surface area contributed by atoms with Crippen LogP contribution >= 0.6 is 0 Å². The lowest BCUT2D eigenvalue weighted by Crippen LogP contribution is -2.31. The molecule has 1 aliphatic heterocycles. The molecule has 1 N–H and O–H groups in total. The SMILES string of the molecule is Cc1nc2cc(NC(=O)COc3cccc([C@@H]4OC[C@@H](c5cccc(F)c5)C[C@H]4C(C)C)c3)ccc2n1C. The second-order valence-electron chi connectivity index (χ2n) is 10.5. The van der Waals surface area contributed by atoms with E-state index >= 15 is 0 Å². The molecule has 0 saturated carbocycles. The van der Waals surface area contributed by atoms with E-state index in [1.165, 1.54) is 6.07 Å². The van der Waals surface area contributed by atoms with Gasteiger partial charge in [0.2, 0.25) is 0 Å². The van der Waals surface area contributed by atoms with Gasteiger partial charge in [0.15, 0.2) is 6.61 Å². The lowest BCUT2D eigenvalue weighted by atomic mass is 9.76. The number of fused-ring (bicyclic) bond motifs is 1. The zero-order valence-electron chi connectivity index (χ0n) is 22.3. The van der Waals surface area contributed by atoms with Crippen molar-refractivity contribution in [3.8, 4) is 5.75 Å². The largest absolute Gasteiger partial charge is 0.484 e. The minimum absolute atomic E-state index is 0.0919. The van der Waals surface area contributed by atoms with Crippen LogP contribution in [0.1, 0.15) is 49.2 Å². The molecule has 1 fully saturated rings. The molecule has 1 saturated heterocycles. The summed E-state index contributed by atoms with van der Waals surface area (Å²) in [5, 5.41) is 2.89. The second kappa shape index (κ2) is 11.0. The summed E-state index contributed by atoms with van der Waals surface area (Å²) < 4.78 is 28.1. The fourth-order valence-electron chi connectivity index (χ4n) is 5.35. The number of hydrogen-bond donors (Lipinski definition) is 1. The molecule has 1 amide bonds. The zero-order valence-corrected chi connectivity index (χ0v) is 22.3. The maximum Gasteiger partial charge on any atom is 0.262 e. The van der Waals surface area contributed by atoms with Crippen LogP contribution in [0, 0.1) is 24.6 Å². The number of rotatable bonds is 7. The number of hydrogen-bond acceptors (Lipinski definition) is 4. The van der Waals surface area contributed by atoms with Gasteiger partial charge in [-0.3, -0.25) is 4.79 Å². The van der Waals surface area contributed by atoms with Crippen molar-refractivity contribution in [1.29, 1.82) is 0 Å². The molecule has 198 valence electrons. The number of ether oxygens (including phenoxy) is 2. The van der Waals surface area contributed by atoms with Gasteiger partial charge in [-0.2, -0.15) is 0 Å². The first-order valence-electron chi connectivity index (χ1n) is 13.1. The monoisotopic (exact) mass is 515 g/mol. The quantitative estimate of drug-likeness (QED) is 0.303. The van der Waals surface area contributed by atoms with Gasteiger partial charge in [0.25, 0.3) is 5.91 Å². The van der Waals surface area contributed by atoms with Crippen molar-refractivity contribution in [2.45, 2.75) is 39.2 Å². The Labute approximate surface area is 222 Å². The molecule has 1 aromatic heterocycles. The predicted molar refractivity (Wildman–Crippen MR) is 147 cm³/mol. The number of anilines is 1. The first kappa shape index (κ1) is 25.9. The number of amides is 1. The van der Waals surface area contributed by atoms with Crippen LogP contribution in [0.4, 0.5) is 10.1 Å². The number of carbonyl (C=O) groups excluding carboxylic acids is 1. The van der Waals surface area contributed by atoms with Crippen molar-refractivity contribution in [3.63, 3.8) is 0 Å². The molecule has 3 atom stereocenters. The average Bonchev–Trinajstić information content (AvgIpc) is 3.19. The van der Waals surface area contributed by atoms with Crippen LogP contribution in [-0.4, -0.2) is 28.7 Å². The highest BCUT2D eigenvalue weighted by Crippen LogP contribution is 2.44. The van der Waals surface area contributed by atoms with E-state index in [9.17, 15) is 9.18 Å². The Kier molecular flexibility index (Phi) is 7.47. The molecule has 3 aromatic carbocycles. The number of halogens is 1. The van der Waals surface area contributed by atoms with Crippen molar-refractivity contribution < 1.29 is 18.7 Å². The molecule has 0 bridgehead atoms. The van der Waals surface area contributed by atoms with Gasteiger partial charge in [0.05, 0.1) is 23.7 Å². The summed E-state index contributed by atoms with van der Waals surface area (Å²) in [4.78, 5) is 17.1. The van der Waals surface area contributed by atoms with Crippen LogP contribution in [0.2, 0.25) is 0 Å². The van der Waals surface area contributed by atoms with Crippen molar-refractivity contribution in [3.05, 3.63) is 89.5 Å². The highest BCUT2D eigenvalue weighted by atomic mass is 19.1. The van der Waals surface area contributed by atoms with E-state index in [4.69, 9.17) is 9.47 Å². The van der Waals surface area contributed by atoms with Crippen molar-refractivity contribution in [2.24, 2.45) is 18.9 Å². The summed E-state index contributed by atoms with van der Waals surface area (Å²) in [6.07, 6.45) is 0.824. The number of nitrogens with one attached hydrogen (secondary N) is 1. The van der Waals surface area contributed by atoms with Crippen LogP contribution in [0.5, 0.6) is 5.75 Å². The van der Waals surface area contributed by atoms with Crippen LogP contribution in [0.25, 0.3) is 11.0 Å². The Hall–Kier alpha value is -3.71. The van der Waals surface area contributed by atoms with Gasteiger partial charge < -0.3 is 19.4 Å². The molecule has 1 aliphatic rings. The maximum atomic E-state index is 13.8. The molecule has 0 aliphatic carbocycles. The van der Waals surface area contributed by atoms with Gasteiger partial charge >= 0.3 is 0 Å². The van der Waals surface area contributed by atoms with E-state index < -0.39 is 0 Å². The molecule has 0 radical (unpaired) electrons. The molecule has 2 heterocycles. The fraction of sp³-hybridized carbons (Fsp3) is 0.355. The van der Waals surface area contributed by atoms with Gasteiger partial charge in [0.1, 0.15) is 17.4 Å². The summed E-state index contributed by atoms with van der Waals surface area (Å²) in [5.41, 5.74) is 4.54. The van der Waals surface area contributed by atoms with Crippen LogP contribution in [-0.2, 0) is 16.6 Å². The second-order valence-corrected chi connectivity index (χ2v) is 10.5. The minimum atomic E-state index is -0.241. The lowest BCUT2D eigenvalue weighted by molar-refractivity contribution is -0.118. The number of benzene rings is 3. The Morgan fingerprint density at radius 1 is 1.13 bits per heavy atom. The normalized spacial score (nSPS) is 19.6. The Morgan fingerprint density at radius 2 is 1.92 bits per heavy atom. The van der Waals surface area contributed by atoms with Crippen molar-refractivity contribution in [2.75, 3.05) is 18.5 Å². The van der Waals surface area contributed by atoms with Gasteiger partial charge in [-0.15, -0.1) is 0 Å². The standard InChI is InChI=1S/C31H34FN3O3/c1-19(2)27-15-23(21-7-5-9-24(32)13-21)17-38-31(27)22-8-6-10-26(14-22)37-18-30(36)34-25-11-12-29-28(16-25)33-20(3)35(29)4/h5-14,16,19,23,27,31H,15,17-18H2,1-4H3,(H,34,36)/t23-,27-,31-/m0/s1. The molecule has 5 rings (SSSR count). The molecular formula is C31H34FN3O3. The molecule has 38 heavy (non-hydrogen) atoms. The van der Waals surface area contributed by atoms with Crippen LogP contribution in [0.3, 0.4) is 0 Å². The topological polar surface area (TPSA) is 65.4 Å². The number of aryl methyl sites for hydroxylation is 2. The number of imidazole rings is 1. The van der Waals surface area contributed by atoms with Crippen molar-refractivity contribution >= 4 is 22.6 Å². The van der Waals surface area contributed by atoms with E-state index in [0.29, 0.717) is 24.0 Å². The summed E-state index contributed by atoms with van der Waals surface area (Å²) in [6.45, 7) is 6.77. The first-order valence-corrected chi connectivity index (χ1v) is 13.1. The molecule has 7 heteroatoms. The third-order valence-electron chi connectivity index (χ3n) is 7.54. The van der Waals surface area contributed by atoms with Crippen molar-refractivity contribution in [1.82, 2.24) is 9.55 Å². The van der Waals surface area contributed by atoms with E-state index in [1.54, 1.807) is 12.1 Å². The third-order valence-corrected chi connectivity index (χ3v) is 7.54. The molecule has 0 spiro atoms. The van der Waals surface area contributed by atoms with E-state index in [0.717, 1.165) is 34.4 Å². The molecule has 6 nitrogen and oxygen atoms in total. The summed E-state index contributed by atoms with van der Waals surface area (Å²) in [7, 11) is 1.97. The smallest absolute Gasteiger partial charge is 0.262 e. The summed E-state index contributed by atoms with van der Waals surface area (Å²) in [5.74, 6) is 1.88. The maximum absolute atomic E-state index is 13.8. The molecule has 4 aromatic rings.